The maximum atomic E-state index is 5.97. The van der Waals surface area contributed by atoms with Gasteiger partial charge < -0.3 is 9.64 Å². The third-order valence-corrected chi connectivity index (χ3v) is 5.91. The van der Waals surface area contributed by atoms with Gasteiger partial charge in [-0.1, -0.05) is 0 Å². The van der Waals surface area contributed by atoms with Crippen LogP contribution in [0.25, 0.3) is 0 Å². The van der Waals surface area contributed by atoms with Crippen molar-refractivity contribution in [3.63, 3.8) is 0 Å². The van der Waals surface area contributed by atoms with Gasteiger partial charge in [-0.05, 0) is 54.4 Å². The van der Waals surface area contributed by atoms with E-state index in [9.17, 15) is 0 Å². The van der Waals surface area contributed by atoms with E-state index in [2.05, 4.69) is 36.6 Å². The minimum Gasteiger partial charge on any atom is -0.379 e. The van der Waals surface area contributed by atoms with Crippen molar-refractivity contribution in [3.8, 4) is 0 Å². The SMILES string of the molecule is c1cnc(N2CCOCC3(CCN(Cc4ccsc4)CC3)C2)nc1. The van der Waals surface area contributed by atoms with E-state index in [1.807, 2.05) is 18.5 Å². The highest BCUT2D eigenvalue weighted by Crippen LogP contribution is 2.35. The normalized spacial score (nSPS) is 21.8. The van der Waals surface area contributed by atoms with Gasteiger partial charge in [-0.15, -0.1) is 0 Å². The van der Waals surface area contributed by atoms with E-state index in [1.165, 1.54) is 18.4 Å². The van der Waals surface area contributed by atoms with Crippen molar-refractivity contribution < 1.29 is 4.74 Å². The highest BCUT2D eigenvalue weighted by atomic mass is 32.1. The maximum Gasteiger partial charge on any atom is 0.225 e. The van der Waals surface area contributed by atoms with Gasteiger partial charge in [0.15, 0.2) is 0 Å². The van der Waals surface area contributed by atoms with Gasteiger partial charge in [0.2, 0.25) is 5.95 Å². The molecular weight excluding hydrogens is 320 g/mol. The van der Waals surface area contributed by atoms with E-state index in [0.717, 1.165) is 51.9 Å². The molecule has 1 spiro atoms. The van der Waals surface area contributed by atoms with Crippen molar-refractivity contribution in [2.45, 2.75) is 19.4 Å². The van der Waals surface area contributed by atoms with Crippen molar-refractivity contribution >= 4 is 17.3 Å². The zero-order chi connectivity index (χ0) is 16.2. The average molecular weight is 344 g/mol. The Morgan fingerprint density at radius 3 is 2.75 bits per heavy atom. The molecule has 0 aliphatic carbocycles. The van der Waals surface area contributed by atoms with E-state index in [0.29, 0.717) is 0 Å². The summed E-state index contributed by atoms with van der Waals surface area (Å²) in [7, 11) is 0. The molecule has 5 nitrogen and oxygen atoms in total. The second-order valence-corrected chi connectivity index (χ2v) is 7.71. The molecule has 4 heterocycles. The van der Waals surface area contributed by atoms with E-state index in [4.69, 9.17) is 4.74 Å². The molecule has 0 aromatic carbocycles. The van der Waals surface area contributed by atoms with E-state index in [1.54, 1.807) is 11.3 Å². The van der Waals surface area contributed by atoms with Crippen molar-refractivity contribution in [2.75, 3.05) is 44.3 Å². The summed E-state index contributed by atoms with van der Waals surface area (Å²) >= 11 is 1.78. The summed E-state index contributed by atoms with van der Waals surface area (Å²) in [5, 5.41) is 4.42. The summed E-state index contributed by atoms with van der Waals surface area (Å²) in [6, 6.07) is 4.11. The molecule has 2 aliphatic heterocycles. The first-order valence-corrected chi connectivity index (χ1v) is 9.61. The predicted molar refractivity (Wildman–Crippen MR) is 96.3 cm³/mol. The third-order valence-electron chi connectivity index (χ3n) is 5.18. The van der Waals surface area contributed by atoms with Crippen LogP contribution in [0.3, 0.4) is 0 Å². The van der Waals surface area contributed by atoms with Gasteiger partial charge in [-0.3, -0.25) is 4.90 Å². The quantitative estimate of drug-likeness (QED) is 0.856. The predicted octanol–water partition coefficient (Wildman–Crippen LogP) is 2.66. The number of aromatic nitrogens is 2. The smallest absolute Gasteiger partial charge is 0.225 e. The minimum absolute atomic E-state index is 0.237. The molecule has 2 aliphatic rings. The summed E-state index contributed by atoms with van der Waals surface area (Å²) in [4.78, 5) is 13.8. The Morgan fingerprint density at radius 2 is 2.00 bits per heavy atom. The summed E-state index contributed by atoms with van der Waals surface area (Å²) in [6.45, 7) is 6.87. The van der Waals surface area contributed by atoms with Crippen LogP contribution in [0.5, 0.6) is 0 Å². The molecule has 2 aromatic rings. The van der Waals surface area contributed by atoms with Crippen molar-refractivity contribution in [1.82, 2.24) is 14.9 Å². The number of ether oxygens (including phenoxy) is 1. The first-order chi connectivity index (χ1) is 11.8. The number of hydrogen-bond donors (Lipinski definition) is 0. The van der Waals surface area contributed by atoms with Crippen molar-refractivity contribution in [1.29, 1.82) is 0 Å². The molecular formula is C18H24N4OS. The number of hydrogen-bond acceptors (Lipinski definition) is 6. The second kappa shape index (κ2) is 7.17. The number of thiophene rings is 1. The number of piperidine rings is 1. The van der Waals surface area contributed by atoms with Crippen LogP contribution in [-0.2, 0) is 11.3 Å². The molecule has 0 amide bonds. The van der Waals surface area contributed by atoms with Gasteiger partial charge in [0.1, 0.15) is 0 Å². The second-order valence-electron chi connectivity index (χ2n) is 6.93. The molecule has 6 heteroatoms. The average Bonchev–Trinajstić information content (AvgIpc) is 3.05. The highest BCUT2D eigenvalue weighted by Gasteiger charge is 2.38. The van der Waals surface area contributed by atoms with E-state index < -0.39 is 0 Å². The first-order valence-electron chi connectivity index (χ1n) is 8.66. The van der Waals surface area contributed by atoms with Crippen LogP contribution >= 0.6 is 11.3 Å². The highest BCUT2D eigenvalue weighted by molar-refractivity contribution is 7.07. The lowest BCUT2D eigenvalue weighted by atomic mass is 9.78. The Kier molecular flexibility index (Phi) is 4.78. The standard InChI is InChI=1S/C18H24N4OS/c1-5-19-17(20-6-1)22-9-10-23-15-18(14-22)3-7-21(8-4-18)12-16-2-11-24-13-16/h1-2,5-6,11,13H,3-4,7-10,12,14-15H2. The van der Waals surface area contributed by atoms with Crippen molar-refractivity contribution in [3.05, 3.63) is 40.8 Å². The van der Waals surface area contributed by atoms with E-state index in [-0.39, 0.29) is 5.41 Å². The van der Waals surface area contributed by atoms with Crippen LogP contribution in [0.1, 0.15) is 18.4 Å². The molecule has 0 saturated carbocycles. The summed E-state index contributed by atoms with van der Waals surface area (Å²) in [5.74, 6) is 0.836. The van der Waals surface area contributed by atoms with Gasteiger partial charge in [-0.2, -0.15) is 11.3 Å². The lowest BCUT2D eigenvalue weighted by Crippen LogP contribution is -2.47. The van der Waals surface area contributed by atoms with Crippen LogP contribution in [0.4, 0.5) is 5.95 Å². The van der Waals surface area contributed by atoms with Crippen LogP contribution in [0.2, 0.25) is 0 Å². The van der Waals surface area contributed by atoms with Gasteiger partial charge in [0, 0.05) is 37.4 Å². The Hall–Kier alpha value is -1.50. The number of likely N-dealkylation sites (tertiary alicyclic amines) is 1. The van der Waals surface area contributed by atoms with Gasteiger partial charge in [0.25, 0.3) is 0 Å². The molecule has 0 bridgehead atoms. The zero-order valence-electron chi connectivity index (χ0n) is 13.9. The molecule has 2 fully saturated rings. The molecule has 0 atom stereocenters. The lowest BCUT2D eigenvalue weighted by molar-refractivity contribution is 0.0201. The Morgan fingerprint density at radius 1 is 1.17 bits per heavy atom. The monoisotopic (exact) mass is 344 g/mol. The summed E-state index contributed by atoms with van der Waals surface area (Å²) in [6.07, 6.45) is 6.01. The molecule has 128 valence electrons. The fourth-order valence-corrected chi connectivity index (χ4v) is 4.41. The van der Waals surface area contributed by atoms with Crippen LogP contribution in [0, 0.1) is 5.41 Å². The minimum atomic E-state index is 0.237. The van der Waals surface area contributed by atoms with Crippen LogP contribution in [0.15, 0.2) is 35.3 Å². The van der Waals surface area contributed by atoms with Crippen LogP contribution in [-0.4, -0.2) is 54.3 Å². The maximum absolute atomic E-state index is 5.97. The Labute approximate surface area is 147 Å². The lowest BCUT2D eigenvalue weighted by Gasteiger charge is -2.42. The van der Waals surface area contributed by atoms with Gasteiger partial charge >= 0.3 is 0 Å². The van der Waals surface area contributed by atoms with Gasteiger partial charge in [-0.25, -0.2) is 9.97 Å². The summed E-state index contributed by atoms with van der Waals surface area (Å²) in [5.41, 5.74) is 1.67. The molecule has 2 saturated heterocycles. The molecule has 24 heavy (non-hydrogen) atoms. The third kappa shape index (κ3) is 3.61. The Balaban J connectivity index is 1.41. The van der Waals surface area contributed by atoms with Crippen molar-refractivity contribution in [2.24, 2.45) is 5.41 Å². The fourth-order valence-electron chi connectivity index (χ4n) is 3.75. The molecule has 0 N–H and O–H groups in total. The molecule has 2 aromatic heterocycles. The first kappa shape index (κ1) is 16.0. The molecule has 4 rings (SSSR count). The topological polar surface area (TPSA) is 41.5 Å². The number of anilines is 1. The zero-order valence-corrected chi connectivity index (χ0v) is 14.7. The summed E-state index contributed by atoms with van der Waals surface area (Å²) < 4.78 is 5.97. The van der Waals surface area contributed by atoms with Crippen LogP contribution < -0.4 is 4.90 Å². The van der Waals surface area contributed by atoms with E-state index >= 15 is 0 Å². The number of rotatable bonds is 3. The molecule has 0 radical (unpaired) electrons. The largest absolute Gasteiger partial charge is 0.379 e. The van der Waals surface area contributed by atoms with Gasteiger partial charge in [0.05, 0.1) is 13.2 Å². The Bertz CT molecular complexity index is 626. The number of nitrogens with zero attached hydrogens (tertiary/aromatic N) is 4. The molecule has 0 unspecified atom stereocenters. The fraction of sp³-hybridized carbons (Fsp3) is 0.556.